The van der Waals surface area contributed by atoms with Gasteiger partial charge in [-0.2, -0.15) is 0 Å². The maximum Gasteiger partial charge on any atom is 0.233 e. The van der Waals surface area contributed by atoms with E-state index in [1.165, 1.54) is 25.9 Å². The summed E-state index contributed by atoms with van der Waals surface area (Å²) in [5, 5.41) is 8.39. The van der Waals surface area contributed by atoms with Gasteiger partial charge in [-0.1, -0.05) is 30.3 Å². The Morgan fingerprint density at radius 2 is 1.64 bits per heavy atom. The molecule has 0 spiro atoms. The Hall–Kier alpha value is -2.99. The lowest BCUT2D eigenvalue weighted by Gasteiger charge is -2.14. The van der Waals surface area contributed by atoms with Crippen molar-refractivity contribution < 1.29 is 9.47 Å². The SMILES string of the molecule is c1ccc(COc2ccc(-c3ccc(OCCN4CCCC4)nc3)nn2)cc1. The third-order valence-electron chi connectivity index (χ3n) is 4.76. The van der Waals surface area contributed by atoms with Crippen molar-refractivity contribution in [3.63, 3.8) is 0 Å². The fourth-order valence-electron chi connectivity index (χ4n) is 3.19. The molecule has 2 aromatic heterocycles. The van der Waals surface area contributed by atoms with Gasteiger partial charge in [0.1, 0.15) is 13.2 Å². The molecule has 0 amide bonds. The zero-order valence-electron chi connectivity index (χ0n) is 15.8. The highest BCUT2D eigenvalue weighted by Gasteiger charge is 2.11. The summed E-state index contributed by atoms with van der Waals surface area (Å²) in [6.45, 7) is 4.46. The number of hydrogen-bond acceptors (Lipinski definition) is 6. The fraction of sp³-hybridized carbons (Fsp3) is 0.318. The molecule has 6 nitrogen and oxygen atoms in total. The zero-order valence-corrected chi connectivity index (χ0v) is 15.8. The minimum Gasteiger partial charge on any atom is -0.476 e. The molecule has 0 atom stereocenters. The Kier molecular flexibility index (Phi) is 6.09. The number of nitrogens with zero attached hydrogens (tertiary/aromatic N) is 4. The lowest BCUT2D eigenvalue weighted by Crippen LogP contribution is -2.25. The molecule has 1 saturated heterocycles. The highest BCUT2D eigenvalue weighted by molar-refractivity contribution is 5.57. The third kappa shape index (κ3) is 5.04. The fourth-order valence-corrected chi connectivity index (χ4v) is 3.19. The lowest BCUT2D eigenvalue weighted by molar-refractivity contribution is 0.232. The van der Waals surface area contributed by atoms with Crippen LogP contribution < -0.4 is 9.47 Å². The predicted octanol–water partition coefficient (Wildman–Crippen LogP) is 3.59. The van der Waals surface area contributed by atoms with E-state index in [1.54, 1.807) is 6.20 Å². The molecule has 0 saturated carbocycles. The average molecular weight is 376 g/mol. The van der Waals surface area contributed by atoms with Gasteiger partial charge in [0.25, 0.3) is 0 Å². The van der Waals surface area contributed by atoms with Gasteiger partial charge in [-0.05, 0) is 43.6 Å². The van der Waals surface area contributed by atoms with E-state index >= 15 is 0 Å². The molecule has 0 N–H and O–H groups in total. The van der Waals surface area contributed by atoms with Crippen molar-refractivity contribution in [2.75, 3.05) is 26.2 Å². The van der Waals surface area contributed by atoms with Gasteiger partial charge in [0.15, 0.2) is 0 Å². The van der Waals surface area contributed by atoms with Crippen LogP contribution in [0.25, 0.3) is 11.3 Å². The van der Waals surface area contributed by atoms with Gasteiger partial charge in [-0.3, -0.25) is 4.90 Å². The second-order valence-corrected chi connectivity index (χ2v) is 6.81. The molecule has 3 heterocycles. The third-order valence-corrected chi connectivity index (χ3v) is 4.76. The number of hydrogen-bond donors (Lipinski definition) is 0. The molecule has 0 radical (unpaired) electrons. The molecule has 28 heavy (non-hydrogen) atoms. The number of likely N-dealkylation sites (tertiary alicyclic amines) is 1. The summed E-state index contributed by atoms with van der Waals surface area (Å²) in [5.74, 6) is 1.14. The van der Waals surface area contributed by atoms with Crippen molar-refractivity contribution >= 4 is 0 Å². The molecule has 1 aliphatic rings. The molecule has 1 aliphatic heterocycles. The Morgan fingerprint density at radius 3 is 2.36 bits per heavy atom. The smallest absolute Gasteiger partial charge is 0.233 e. The van der Waals surface area contributed by atoms with Crippen molar-refractivity contribution in [3.05, 3.63) is 66.4 Å². The maximum absolute atomic E-state index is 5.74. The van der Waals surface area contributed by atoms with Gasteiger partial charge in [0.05, 0.1) is 5.69 Å². The standard InChI is InChI=1S/C22H24N4O2/c1-2-6-18(7-3-1)17-28-22-11-9-20(24-25-22)19-8-10-21(23-16-19)27-15-14-26-12-4-5-13-26/h1-3,6-11,16H,4-5,12-15,17H2. The van der Waals surface area contributed by atoms with Crippen molar-refractivity contribution in [1.82, 2.24) is 20.1 Å². The topological polar surface area (TPSA) is 60.4 Å². The van der Waals surface area contributed by atoms with E-state index in [0.29, 0.717) is 25.0 Å². The summed E-state index contributed by atoms with van der Waals surface area (Å²) in [5.41, 5.74) is 2.75. The summed E-state index contributed by atoms with van der Waals surface area (Å²) in [6.07, 6.45) is 4.35. The van der Waals surface area contributed by atoms with Gasteiger partial charge in [-0.15, -0.1) is 10.2 Å². The van der Waals surface area contributed by atoms with Crippen LogP contribution in [0, 0.1) is 0 Å². The first-order valence-corrected chi connectivity index (χ1v) is 9.69. The first kappa shape index (κ1) is 18.4. The number of benzene rings is 1. The summed E-state index contributed by atoms with van der Waals surface area (Å²) in [4.78, 5) is 6.80. The van der Waals surface area contributed by atoms with Gasteiger partial charge in [-0.25, -0.2) is 4.98 Å². The molecule has 1 fully saturated rings. The predicted molar refractivity (Wildman–Crippen MR) is 107 cm³/mol. The molecule has 0 aliphatic carbocycles. The molecule has 4 rings (SSSR count). The van der Waals surface area contributed by atoms with Crippen LogP contribution in [0.5, 0.6) is 11.8 Å². The van der Waals surface area contributed by atoms with Crippen LogP contribution in [-0.2, 0) is 6.61 Å². The minimum absolute atomic E-state index is 0.472. The van der Waals surface area contributed by atoms with Gasteiger partial charge >= 0.3 is 0 Å². The second kappa shape index (κ2) is 9.28. The quantitative estimate of drug-likeness (QED) is 0.599. The molecular formula is C22H24N4O2. The lowest BCUT2D eigenvalue weighted by atomic mass is 10.2. The summed E-state index contributed by atoms with van der Waals surface area (Å²) < 4.78 is 11.4. The Balaban J connectivity index is 1.28. The van der Waals surface area contributed by atoms with E-state index in [9.17, 15) is 0 Å². The molecule has 144 valence electrons. The van der Waals surface area contributed by atoms with Crippen LogP contribution in [0.3, 0.4) is 0 Å². The average Bonchev–Trinajstić information content (AvgIpc) is 3.28. The number of pyridine rings is 1. The monoisotopic (exact) mass is 376 g/mol. The summed E-state index contributed by atoms with van der Waals surface area (Å²) >= 11 is 0. The van der Waals surface area contributed by atoms with Crippen LogP contribution in [0.4, 0.5) is 0 Å². The molecule has 0 unspecified atom stereocenters. The molecule has 3 aromatic rings. The molecule has 6 heteroatoms. The number of aromatic nitrogens is 3. The van der Waals surface area contributed by atoms with Crippen molar-refractivity contribution in [2.24, 2.45) is 0 Å². The van der Waals surface area contributed by atoms with Crippen LogP contribution in [0.1, 0.15) is 18.4 Å². The Labute approximate surface area is 165 Å². The van der Waals surface area contributed by atoms with Crippen LogP contribution in [-0.4, -0.2) is 46.3 Å². The van der Waals surface area contributed by atoms with Crippen molar-refractivity contribution in [3.8, 4) is 23.0 Å². The number of rotatable bonds is 8. The summed E-state index contributed by atoms with van der Waals surface area (Å²) in [6, 6.07) is 17.5. The van der Waals surface area contributed by atoms with Gasteiger partial charge in [0.2, 0.25) is 11.8 Å². The Morgan fingerprint density at radius 1 is 0.821 bits per heavy atom. The van der Waals surface area contributed by atoms with Crippen molar-refractivity contribution in [2.45, 2.75) is 19.4 Å². The Bertz CT molecular complexity index is 848. The normalized spacial score (nSPS) is 14.1. The number of ether oxygens (including phenoxy) is 2. The first-order valence-electron chi connectivity index (χ1n) is 9.69. The van der Waals surface area contributed by atoms with E-state index in [-0.39, 0.29) is 0 Å². The highest BCUT2D eigenvalue weighted by Crippen LogP contribution is 2.19. The first-order chi connectivity index (χ1) is 13.9. The van der Waals surface area contributed by atoms with E-state index in [1.807, 2.05) is 54.6 Å². The van der Waals surface area contributed by atoms with Crippen LogP contribution >= 0.6 is 0 Å². The van der Waals surface area contributed by atoms with Crippen molar-refractivity contribution in [1.29, 1.82) is 0 Å². The van der Waals surface area contributed by atoms with Crippen LogP contribution in [0.2, 0.25) is 0 Å². The highest BCUT2D eigenvalue weighted by atomic mass is 16.5. The van der Waals surface area contributed by atoms with E-state index in [4.69, 9.17) is 9.47 Å². The van der Waals surface area contributed by atoms with E-state index in [2.05, 4.69) is 20.1 Å². The van der Waals surface area contributed by atoms with E-state index in [0.717, 1.165) is 23.4 Å². The molecule has 0 bridgehead atoms. The van der Waals surface area contributed by atoms with Gasteiger partial charge < -0.3 is 9.47 Å². The summed E-state index contributed by atoms with van der Waals surface area (Å²) in [7, 11) is 0. The second-order valence-electron chi connectivity index (χ2n) is 6.81. The molecule has 1 aromatic carbocycles. The maximum atomic E-state index is 5.74. The van der Waals surface area contributed by atoms with E-state index < -0.39 is 0 Å². The largest absolute Gasteiger partial charge is 0.476 e. The minimum atomic E-state index is 0.472. The zero-order chi connectivity index (χ0) is 19.0. The molecular weight excluding hydrogens is 352 g/mol. The van der Waals surface area contributed by atoms with Crippen LogP contribution in [0.15, 0.2) is 60.8 Å². The van der Waals surface area contributed by atoms with Gasteiger partial charge in [0, 0.05) is 30.4 Å².